The van der Waals surface area contributed by atoms with Gasteiger partial charge in [0.1, 0.15) is 19.3 Å². The Morgan fingerprint density at radius 1 is 1.23 bits per heavy atom. The van der Waals surface area contributed by atoms with Crippen LogP contribution in [0.1, 0.15) is 5.56 Å². The zero-order valence-electron chi connectivity index (χ0n) is 19.1. The van der Waals surface area contributed by atoms with Crippen LogP contribution in [-0.4, -0.2) is 67.5 Å². The summed E-state index contributed by atoms with van der Waals surface area (Å²) in [5.74, 6) is 1.32. The third-order valence-corrected chi connectivity index (χ3v) is 5.84. The van der Waals surface area contributed by atoms with Gasteiger partial charge in [-0.1, -0.05) is 0 Å². The molecule has 2 aliphatic rings. The number of pyridine rings is 2. The molecule has 1 unspecified atom stereocenters. The van der Waals surface area contributed by atoms with Gasteiger partial charge in [0.2, 0.25) is 11.8 Å². The lowest BCUT2D eigenvalue weighted by atomic mass is 10.0. The molecular weight excluding hydrogens is 454 g/mol. The summed E-state index contributed by atoms with van der Waals surface area (Å²) < 4.78 is 21.7. The summed E-state index contributed by atoms with van der Waals surface area (Å²) in [6.07, 6.45) is 0.910. The van der Waals surface area contributed by atoms with Crippen molar-refractivity contribution in [2.75, 3.05) is 38.3 Å². The standard InChI is InChI=1S/C24H25N5O6/c1-32-21-5-3-18-22(28-21)14(6-7-26-18)10-17(25)23(30)27-12-16-13-29(24(31)35-16)15-2-4-19-20(11-15)34-9-8-33-19/h2-7,11,16-17H,8-10,12-13,25H2,1H3,(H,27,30)/t16?,17-/m1/s1. The van der Waals surface area contributed by atoms with Crippen LogP contribution in [0.5, 0.6) is 17.4 Å². The van der Waals surface area contributed by atoms with Crippen molar-refractivity contribution in [1.82, 2.24) is 15.3 Å². The van der Waals surface area contributed by atoms with Gasteiger partial charge in [0.05, 0.1) is 43.0 Å². The minimum Gasteiger partial charge on any atom is -0.486 e. The summed E-state index contributed by atoms with van der Waals surface area (Å²) in [4.78, 5) is 35.3. The van der Waals surface area contributed by atoms with Gasteiger partial charge in [-0.25, -0.2) is 9.78 Å². The summed E-state index contributed by atoms with van der Waals surface area (Å²) >= 11 is 0. The number of hydrogen-bond donors (Lipinski definition) is 2. The second-order valence-corrected chi connectivity index (χ2v) is 8.19. The largest absolute Gasteiger partial charge is 0.486 e. The summed E-state index contributed by atoms with van der Waals surface area (Å²) in [6, 6.07) is 9.77. The van der Waals surface area contributed by atoms with Crippen molar-refractivity contribution in [3.8, 4) is 17.4 Å². The molecule has 0 spiro atoms. The minimum absolute atomic E-state index is 0.141. The van der Waals surface area contributed by atoms with Gasteiger partial charge in [-0.3, -0.25) is 14.7 Å². The maximum atomic E-state index is 12.7. The Balaban J connectivity index is 1.18. The number of anilines is 1. The number of ether oxygens (including phenoxy) is 4. The molecule has 2 aliphatic heterocycles. The van der Waals surface area contributed by atoms with Gasteiger partial charge in [-0.05, 0) is 36.2 Å². The average molecular weight is 479 g/mol. The summed E-state index contributed by atoms with van der Waals surface area (Å²) in [5, 5.41) is 2.78. The van der Waals surface area contributed by atoms with Gasteiger partial charge in [-0.2, -0.15) is 0 Å². The fraction of sp³-hybridized carbons (Fsp3) is 0.333. The quantitative estimate of drug-likeness (QED) is 0.515. The van der Waals surface area contributed by atoms with Crippen LogP contribution in [-0.2, 0) is 16.0 Å². The molecule has 35 heavy (non-hydrogen) atoms. The lowest BCUT2D eigenvalue weighted by Crippen LogP contribution is -2.45. The van der Waals surface area contributed by atoms with E-state index in [1.54, 1.807) is 42.6 Å². The number of rotatable bonds is 7. The Morgan fingerprint density at radius 2 is 2.06 bits per heavy atom. The number of carbonyl (C=O) groups excluding carboxylic acids is 2. The van der Waals surface area contributed by atoms with Crippen LogP contribution in [0.4, 0.5) is 10.5 Å². The Hall–Kier alpha value is -4.12. The van der Waals surface area contributed by atoms with Crippen LogP contribution in [0, 0.1) is 0 Å². The molecule has 2 aromatic heterocycles. The highest BCUT2D eigenvalue weighted by Gasteiger charge is 2.33. The Labute approximate surface area is 201 Å². The van der Waals surface area contributed by atoms with Gasteiger partial charge in [0.15, 0.2) is 11.5 Å². The maximum absolute atomic E-state index is 12.7. The first kappa shape index (κ1) is 22.7. The lowest BCUT2D eigenvalue weighted by Gasteiger charge is -2.21. The van der Waals surface area contributed by atoms with Crippen LogP contribution in [0.15, 0.2) is 42.6 Å². The van der Waals surface area contributed by atoms with Crippen LogP contribution < -0.4 is 30.2 Å². The number of nitrogens with zero attached hydrogens (tertiary/aromatic N) is 3. The van der Waals surface area contributed by atoms with Crippen molar-refractivity contribution < 1.29 is 28.5 Å². The first-order chi connectivity index (χ1) is 17.0. The molecule has 1 saturated heterocycles. The summed E-state index contributed by atoms with van der Waals surface area (Å²) in [7, 11) is 1.54. The number of amides is 2. The number of fused-ring (bicyclic) bond motifs is 2. The van der Waals surface area contributed by atoms with E-state index in [-0.39, 0.29) is 25.4 Å². The SMILES string of the molecule is COc1ccc2nccc(C[C@@H](N)C(=O)NCC3CN(c4ccc5c(c4)OCCO5)C(=O)O3)c2n1. The zero-order valence-corrected chi connectivity index (χ0v) is 19.1. The van der Waals surface area contributed by atoms with Crippen LogP contribution in [0.25, 0.3) is 11.0 Å². The number of benzene rings is 1. The fourth-order valence-electron chi connectivity index (χ4n) is 4.05. The molecule has 0 aliphatic carbocycles. The predicted octanol–water partition coefficient (Wildman–Crippen LogP) is 1.42. The number of methoxy groups -OCH3 is 1. The Bertz CT molecular complexity index is 1270. The van der Waals surface area contributed by atoms with E-state index in [9.17, 15) is 9.59 Å². The third-order valence-electron chi connectivity index (χ3n) is 5.84. The molecule has 4 heterocycles. The molecular formula is C24H25N5O6. The Morgan fingerprint density at radius 3 is 2.89 bits per heavy atom. The molecule has 1 fully saturated rings. The minimum atomic E-state index is -0.820. The van der Waals surface area contributed by atoms with Crippen molar-refractivity contribution in [3.05, 3.63) is 48.2 Å². The van der Waals surface area contributed by atoms with Gasteiger partial charge < -0.3 is 30.0 Å². The van der Waals surface area contributed by atoms with E-state index in [4.69, 9.17) is 24.7 Å². The molecule has 11 nitrogen and oxygen atoms in total. The van der Waals surface area contributed by atoms with Gasteiger partial charge >= 0.3 is 6.09 Å². The molecule has 0 saturated carbocycles. The van der Waals surface area contributed by atoms with E-state index in [2.05, 4.69) is 15.3 Å². The second kappa shape index (κ2) is 9.63. The molecule has 5 rings (SSSR count). The second-order valence-electron chi connectivity index (χ2n) is 8.19. The number of cyclic esters (lactones) is 1. The van der Waals surface area contributed by atoms with E-state index in [0.717, 1.165) is 5.56 Å². The zero-order chi connectivity index (χ0) is 24.4. The van der Waals surface area contributed by atoms with Gasteiger partial charge in [0, 0.05) is 18.3 Å². The van der Waals surface area contributed by atoms with E-state index in [1.807, 2.05) is 0 Å². The van der Waals surface area contributed by atoms with E-state index >= 15 is 0 Å². The molecule has 0 radical (unpaired) electrons. The van der Waals surface area contributed by atoms with E-state index in [1.165, 1.54) is 12.0 Å². The fourth-order valence-corrected chi connectivity index (χ4v) is 4.05. The monoisotopic (exact) mass is 479 g/mol. The first-order valence-corrected chi connectivity index (χ1v) is 11.2. The molecule has 182 valence electrons. The number of nitrogens with two attached hydrogens (primary N) is 1. The normalized spacial score (nSPS) is 17.7. The van der Waals surface area contributed by atoms with Crippen molar-refractivity contribution in [1.29, 1.82) is 0 Å². The van der Waals surface area contributed by atoms with Crippen molar-refractivity contribution in [3.63, 3.8) is 0 Å². The van der Waals surface area contributed by atoms with Crippen molar-refractivity contribution >= 4 is 28.7 Å². The molecule has 2 amide bonds. The smallest absolute Gasteiger partial charge is 0.414 e. The van der Waals surface area contributed by atoms with Crippen LogP contribution >= 0.6 is 0 Å². The van der Waals surface area contributed by atoms with E-state index < -0.39 is 18.2 Å². The van der Waals surface area contributed by atoms with Gasteiger partial charge in [-0.15, -0.1) is 0 Å². The average Bonchev–Trinajstić information content (AvgIpc) is 3.27. The van der Waals surface area contributed by atoms with Crippen LogP contribution in [0.2, 0.25) is 0 Å². The number of carbonyl (C=O) groups is 2. The molecule has 0 bridgehead atoms. The first-order valence-electron chi connectivity index (χ1n) is 11.2. The third kappa shape index (κ3) is 4.76. The summed E-state index contributed by atoms with van der Waals surface area (Å²) in [6.45, 7) is 1.37. The van der Waals surface area contributed by atoms with E-state index in [0.29, 0.717) is 47.3 Å². The predicted molar refractivity (Wildman–Crippen MR) is 126 cm³/mol. The Kier molecular flexibility index (Phi) is 6.23. The number of nitrogens with one attached hydrogen (secondary N) is 1. The molecule has 3 aromatic rings. The highest BCUT2D eigenvalue weighted by atomic mass is 16.6. The highest BCUT2D eigenvalue weighted by Crippen LogP contribution is 2.35. The van der Waals surface area contributed by atoms with Crippen LogP contribution in [0.3, 0.4) is 0 Å². The number of aromatic nitrogens is 2. The molecule has 3 N–H and O–H groups in total. The number of hydrogen-bond acceptors (Lipinski definition) is 9. The molecule has 2 atom stereocenters. The maximum Gasteiger partial charge on any atom is 0.414 e. The van der Waals surface area contributed by atoms with Gasteiger partial charge in [0.25, 0.3) is 0 Å². The molecule has 1 aromatic carbocycles. The highest BCUT2D eigenvalue weighted by molar-refractivity contribution is 5.90. The molecule has 11 heteroatoms. The van der Waals surface area contributed by atoms with Crippen molar-refractivity contribution in [2.24, 2.45) is 5.73 Å². The topological polar surface area (TPSA) is 138 Å². The lowest BCUT2D eigenvalue weighted by molar-refractivity contribution is -0.122. The van der Waals surface area contributed by atoms with Crippen molar-refractivity contribution in [2.45, 2.75) is 18.6 Å². The summed E-state index contributed by atoms with van der Waals surface area (Å²) in [5.41, 5.74) is 8.91.